The molecule has 2 aromatic rings. The van der Waals surface area contributed by atoms with Crippen LogP contribution in [0.1, 0.15) is 47.8 Å². The van der Waals surface area contributed by atoms with E-state index in [-0.39, 0.29) is 0 Å². The Kier molecular flexibility index (Phi) is 4.61. The molecule has 0 bridgehead atoms. The Bertz CT molecular complexity index is 584. The normalized spacial score (nSPS) is 12.7. The summed E-state index contributed by atoms with van der Waals surface area (Å²) >= 11 is 0. The quantitative estimate of drug-likeness (QED) is 0.902. The minimum atomic E-state index is 0.346. The topological polar surface area (TPSA) is 29.9 Å². The molecule has 108 valence electrons. The monoisotopic (exact) mass is 271 g/mol. The van der Waals surface area contributed by atoms with Crippen molar-refractivity contribution in [3.8, 4) is 0 Å². The molecule has 1 unspecified atom stereocenters. The Morgan fingerprint density at radius 3 is 2.65 bits per heavy atom. The molecule has 0 radical (unpaired) electrons. The SMILES string of the molecule is CCc1nn(C)cc1CNC(C)c1ccc(C)c(C)c1. The molecule has 0 aliphatic carbocycles. The molecule has 3 heteroatoms. The number of rotatable bonds is 5. The second kappa shape index (κ2) is 6.23. The van der Waals surface area contributed by atoms with Crippen LogP contribution < -0.4 is 5.32 Å². The van der Waals surface area contributed by atoms with E-state index in [0.717, 1.165) is 13.0 Å². The van der Waals surface area contributed by atoms with Gasteiger partial charge in [-0.15, -0.1) is 0 Å². The zero-order valence-electron chi connectivity index (χ0n) is 13.2. The van der Waals surface area contributed by atoms with Crippen LogP contribution in [-0.4, -0.2) is 9.78 Å². The van der Waals surface area contributed by atoms with Crippen molar-refractivity contribution in [3.63, 3.8) is 0 Å². The first-order valence-electron chi connectivity index (χ1n) is 7.33. The molecule has 20 heavy (non-hydrogen) atoms. The smallest absolute Gasteiger partial charge is 0.0666 e. The predicted molar refractivity (Wildman–Crippen MR) is 83.8 cm³/mol. The fourth-order valence-electron chi connectivity index (χ4n) is 2.44. The summed E-state index contributed by atoms with van der Waals surface area (Å²) in [6.07, 6.45) is 3.09. The molecule has 0 aliphatic rings. The molecule has 0 fully saturated rings. The molecular weight excluding hydrogens is 246 g/mol. The van der Waals surface area contributed by atoms with Gasteiger partial charge in [0.15, 0.2) is 0 Å². The highest BCUT2D eigenvalue weighted by molar-refractivity contribution is 5.31. The summed E-state index contributed by atoms with van der Waals surface area (Å²) in [5.74, 6) is 0. The van der Waals surface area contributed by atoms with Gasteiger partial charge in [-0.25, -0.2) is 0 Å². The first-order valence-corrected chi connectivity index (χ1v) is 7.33. The second-order valence-electron chi connectivity index (χ2n) is 5.57. The van der Waals surface area contributed by atoms with Crippen molar-refractivity contribution < 1.29 is 0 Å². The van der Waals surface area contributed by atoms with Gasteiger partial charge in [-0.3, -0.25) is 4.68 Å². The molecular formula is C17H25N3. The third kappa shape index (κ3) is 3.28. The van der Waals surface area contributed by atoms with Crippen LogP contribution in [0.5, 0.6) is 0 Å². The van der Waals surface area contributed by atoms with E-state index in [9.17, 15) is 0 Å². The van der Waals surface area contributed by atoms with Crippen molar-refractivity contribution in [2.45, 2.75) is 46.7 Å². The van der Waals surface area contributed by atoms with E-state index in [1.54, 1.807) is 0 Å². The summed E-state index contributed by atoms with van der Waals surface area (Å²) in [4.78, 5) is 0. The van der Waals surface area contributed by atoms with E-state index in [2.05, 4.69) is 62.5 Å². The average Bonchev–Trinajstić information content (AvgIpc) is 2.79. The van der Waals surface area contributed by atoms with Crippen LogP contribution in [0, 0.1) is 13.8 Å². The van der Waals surface area contributed by atoms with Gasteiger partial charge in [0.1, 0.15) is 0 Å². The summed E-state index contributed by atoms with van der Waals surface area (Å²) in [6, 6.07) is 7.03. The number of benzene rings is 1. The Hall–Kier alpha value is -1.61. The fraction of sp³-hybridized carbons (Fsp3) is 0.471. The Labute approximate surface area is 122 Å². The van der Waals surface area contributed by atoms with E-state index in [1.807, 2.05) is 11.7 Å². The van der Waals surface area contributed by atoms with Crippen molar-refractivity contribution in [2.75, 3.05) is 0 Å². The number of nitrogens with zero attached hydrogens (tertiary/aromatic N) is 2. The largest absolute Gasteiger partial charge is 0.306 e. The van der Waals surface area contributed by atoms with Gasteiger partial charge in [0.2, 0.25) is 0 Å². The van der Waals surface area contributed by atoms with Crippen LogP contribution in [0.4, 0.5) is 0 Å². The van der Waals surface area contributed by atoms with Gasteiger partial charge in [0.25, 0.3) is 0 Å². The first-order chi connectivity index (χ1) is 9.51. The van der Waals surface area contributed by atoms with Gasteiger partial charge in [-0.05, 0) is 43.9 Å². The molecule has 0 amide bonds. The third-order valence-electron chi connectivity index (χ3n) is 3.96. The number of hydrogen-bond acceptors (Lipinski definition) is 2. The number of nitrogens with one attached hydrogen (secondary N) is 1. The van der Waals surface area contributed by atoms with E-state index in [4.69, 9.17) is 0 Å². The summed E-state index contributed by atoms with van der Waals surface area (Å²) in [5, 5.41) is 8.08. The lowest BCUT2D eigenvalue weighted by Gasteiger charge is -2.15. The Balaban J connectivity index is 2.04. The highest BCUT2D eigenvalue weighted by Gasteiger charge is 2.09. The maximum absolute atomic E-state index is 4.48. The summed E-state index contributed by atoms with van der Waals surface area (Å²) in [5.41, 5.74) is 6.53. The molecule has 0 saturated heterocycles. The molecule has 3 nitrogen and oxygen atoms in total. The molecule has 0 saturated carbocycles. The van der Waals surface area contributed by atoms with Crippen molar-refractivity contribution in [1.29, 1.82) is 0 Å². The molecule has 1 N–H and O–H groups in total. The molecule has 0 spiro atoms. The zero-order valence-corrected chi connectivity index (χ0v) is 13.2. The standard InChI is InChI=1S/C17H25N3/c1-6-17-16(11-20(5)19-17)10-18-14(4)15-8-7-12(2)13(3)9-15/h7-9,11,14,18H,6,10H2,1-5H3. The first kappa shape index (κ1) is 14.8. The number of aromatic nitrogens is 2. The summed E-state index contributed by atoms with van der Waals surface area (Å²) < 4.78 is 1.90. The molecule has 1 aromatic carbocycles. The maximum Gasteiger partial charge on any atom is 0.0666 e. The van der Waals surface area contributed by atoms with Crippen LogP contribution in [0.2, 0.25) is 0 Å². The minimum Gasteiger partial charge on any atom is -0.306 e. The molecule has 1 heterocycles. The van der Waals surface area contributed by atoms with E-state index >= 15 is 0 Å². The van der Waals surface area contributed by atoms with Gasteiger partial charge < -0.3 is 5.32 Å². The van der Waals surface area contributed by atoms with Crippen LogP contribution >= 0.6 is 0 Å². The van der Waals surface area contributed by atoms with Crippen LogP contribution in [0.3, 0.4) is 0 Å². The van der Waals surface area contributed by atoms with E-state index in [1.165, 1.54) is 27.9 Å². The van der Waals surface area contributed by atoms with Crippen LogP contribution in [-0.2, 0) is 20.0 Å². The van der Waals surface area contributed by atoms with E-state index in [0.29, 0.717) is 6.04 Å². The van der Waals surface area contributed by atoms with Crippen LogP contribution in [0.25, 0.3) is 0 Å². The Morgan fingerprint density at radius 2 is 2.00 bits per heavy atom. The third-order valence-corrected chi connectivity index (χ3v) is 3.96. The van der Waals surface area contributed by atoms with Crippen LogP contribution in [0.15, 0.2) is 24.4 Å². The number of aryl methyl sites for hydroxylation is 4. The summed E-state index contributed by atoms with van der Waals surface area (Å²) in [6.45, 7) is 9.55. The molecule has 0 aliphatic heterocycles. The van der Waals surface area contributed by atoms with Gasteiger partial charge in [-0.1, -0.05) is 25.1 Å². The Morgan fingerprint density at radius 1 is 1.25 bits per heavy atom. The van der Waals surface area contributed by atoms with Gasteiger partial charge in [-0.2, -0.15) is 5.10 Å². The lowest BCUT2D eigenvalue weighted by molar-refractivity contribution is 0.572. The van der Waals surface area contributed by atoms with Crippen molar-refractivity contribution >= 4 is 0 Å². The van der Waals surface area contributed by atoms with Crippen molar-refractivity contribution in [3.05, 3.63) is 52.3 Å². The lowest BCUT2D eigenvalue weighted by atomic mass is 10.0. The highest BCUT2D eigenvalue weighted by Crippen LogP contribution is 2.17. The fourth-order valence-corrected chi connectivity index (χ4v) is 2.44. The van der Waals surface area contributed by atoms with Crippen molar-refractivity contribution in [1.82, 2.24) is 15.1 Å². The van der Waals surface area contributed by atoms with Crippen molar-refractivity contribution in [2.24, 2.45) is 7.05 Å². The molecule has 1 atom stereocenters. The molecule has 2 rings (SSSR count). The van der Waals surface area contributed by atoms with E-state index < -0.39 is 0 Å². The summed E-state index contributed by atoms with van der Waals surface area (Å²) in [7, 11) is 1.98. The lowest BCUT2D eigenvalue weighted by Crippen LogP contribution is -2.18. The van der Waals surface area contributed by atoms with Gasteiger partial charge >= 0.3 is 0 Å². The predicted octanol–water partition coefficient (Wildman–Crippen LogP) is 3.45. The number of hydrogen-bond donors (Lipinski definition) is 1. The maximum atomic E-state index is 4.48. The molecule has 1 aromatic heterocycles. The second-order valence-corrected chi connectivity index (χ2v) is 5.57. The van der Waals surface area contributed by atoms with Gasteiger partial charge in [0, 0.05) is 31.4 Å². The average molecular weight is 271 g/mol. The minimum absolute atomic E-state index is 0.346. The zero-order chi connectivity index (χ0) is 14.7. The highest BCUT2D eigenvalue weighted by atomic mass is 15.3. The van der Waals surface area contributed by atoms with Gasteiger partial charge in [0.05, 0.1) is 5.69 Å².